The van der Waals surface area contributed by atoms with Gasteiger partial charge in [-0.15, -0.1) is 0 Å². The molecule has 0 amide bonds. The summed E-state index contributed by atoms with van der Waals surface area (Å²) in [6, 6.07) is 26.4. The largest absolute Gasteiger partial charge is 0.223 e. The first kappa shape index (κ1) is 13.9. The molecule has 3 heteroatoms. The van der Waals surface area contributed by atoms with Crippen LogP contribution in [0.2, 0.25) is 5.28 Å². The molecular weight excluding hydrogens is 304 g/mol. The molecule has 0 bridgehead atoms. The van der Waals surface area contributed by atoms with Gasteiger partial charge in [0.15, 0.2) is 0 Å². The number of hydrogen-bond donors (Lipinski definition) is 0. The van der Waals surface area contributed by atoms with E-state index < -0.39 is 0 Å². The monoisotopic (exact) mass is 316 g/mol. The van der Waals surface area contributed by atoms with Gasteiger partial charge in [-0.2, -0.15) is 0 Å². The van der Waals surface area contributed by atoms with Crippen LogP contribution in [0.5, 0.6) is 0 Å². The third-order valence-corrected chi connectivity index (χ3v) is 4.00. The van der Waals surface area contributed by atoms with E-state index in [-0.39, 0.29) is 5.28 Å². The van der Waals surface area contributed by atoms with E-state index in [0.29, 0.717) is 0 Å². The van der Waals surface area contributed by atoms with E-state index in [1.54, 1.807) is 0 Å². The van der Waals surface area contributed by atoms with Crippen molar-refractivity contribution in [3.63, 3.8) is 0 Å². The van der Waals surface area contributed by atoms with E-state index in [9.17, 15) is 0 Å². The number of nitrogens with zero attached hydrogens (tertiary/aromatic N) is 2. The summed E-state index contributed by atoms with van der Waals surface area (Å²) in [7, 11) is 0. The molecule has 1 aromatic heterocycles. The Kier molecular flexibility index (Phi) is 3.52. The van der Waals surface area contributed by atoms with Crippen LogP contribution in [0.3, 0.4) is 0 Å². The van der Waals surface area contributed by atoms with Gasteiger partial charge in [0.05, 0.1) is 11.2 Å². The van der Waals surface area contributed by atoms with Crippen LogP contribution < -0.4 is 0 Å². The average molecular weight is 317 g/mol. The minimum absolute atomic E-state index is 0.264. The molecule has 1 heterocycles. The topological polar surface area (TPSA) is 25.8 Å². The van der Waals surface area contributed by atoms with Gasteiger partial charge < -0.3 is 0 Å². The first-order valence-electron chi connectivity index (χ1n) is 7.40. The second-order valence-electron chi connectivity index (χ2n) is 5.28. The van der Waals surface area contributed by atoms with Crippen LogP contribution >= 0.6 is 11.6 Å². The summed E-state index contributed by atoms with van der Waals surface area (Å²) < 4.78 is 0. The lowest BCUT2D eigenvalue weighted by atomic mass is 9.99. The summed E-state index contributed by atoms with van der Waals surface area (Å²) in [5.41, 5.74) is 4.94. The van der Waals surface area contributed by atoms with Crippen molar-refractivity contribution in [2.45, 2.75) is 0 Å². The molecule has 0 atom stereocenters. The third-order valence-electron chi connectivity index (χ3n) is 3.83. The Morgan fingerprint density at radius 2 is 1.26 bits per heavy atom. The number of para-hydroxylation sites is 1. The van der Waals surface area contributed by atoms with Gasteiger partial charge in [0.2, 0.25) is 5.28 Å². The molecule has 0 aliphatic carbocycles. The molecule has 4 aromatic rings. The highest BCUT2D eigenvalue weighted by molar-refractivity contribution is 6.29. The highest BCUT2D eigenvalue weighted by Gasteiger charge is 2.12. The Bertz CT molecular complexity index is 967. The molecule has 0 N–H and O–H groups in total. The molecule has 0 unspecified atom stereocenters. The highest BCUT2D eigenvalue weighted by atomic mass is 35.5. The van der Waals surface area contributed by atoms with Crippen molar-refractivity contribution >= 4 is 22.5 Å². The molecule has 23 heavy (non-hydrogen) atoms. The zero-order valence-electron chi connectivity index (χ0n) is 12.3. The molecule has 0 radical (unpaired) electrons. The number of aromatic nitrogens is 2. The first-order valence-corrected chi connectivity index (χ1v) is 7.78. The predicted octanol–water partition coefficient (Wildman–Crippen LogP) is 5.62. The summed E-state index contributed by atoms with van der Waals surface area (Å²) >= 11 is 6.21. The quantitative estimate of drug-likeness (QED) is 0.449. The maximum atomic E-state index is 6.21. The molecule has 0 aliphatic rings. The minimum atomic E-state index is 0.264. The van der Waals surface area contributed by atoms with Crippen LogP contribution in [-0.2, 0) is 0 Å². The van der Waals surface area contributed by atoms with Crippen molar-refractivity contribution in [1.82, 2.24) is 9.97 Å². The minimum Gasteiger partial charge on any atom is -0.217 e. The highest BCUT2D eigenvalue weighted by Crippen LogP contribution is 2.33. The molecule has 2 nitrogen and oxygen atoms in total. The lowest BCUT2D eigenvalue weighted by Crippen LogP contribution is -1.93. The average Bonchev–Trinajstić information content (AvgIpc) is 2.62. The number of rotatable bonds is 2. The summed E-state index contributed by atoms with van der Waals surface area (Å²) in [6.07, 6.45) is 0. The fraction of sp³-hybridized carbons (Fsp3) is 0. The van der Waals surface area contributed by atoms with E-state index in [0.717, 1.165) is 33.3 Å². The van der Waals surface area contributed by atoms with E-state index >= 15 is 0 Å². The van der Waals surface area contributed by atoms with Crippen molar-refractivity contribution < 1.29 is 0 Å². The Labute approximate surface area is 139 Å². The summed E-state index contributed by atoms with van der Waals surface area (Å²) in [5.74, 6) is 0. The van der Waals surface area contributed by atoms with Crippen LogP contribution in [0.1, 0.15) is 0 Å². The Hall–Kier alpha value is -2.71. The van der Waals surface area contributed by atoms with Crippen molar-refractivity contribution in [3.05, 3.63) is 84.1 Å². The first-order chi connectivity index (χ1) is 11.3. The lowest BCUT2D eigenvalue weighted by molar-refractivity contribution is 1.22. The van der Waals surface area contributed by atoms with Crippen LogP contribution in [0, 0.1) is 0 Å². The number of fused-ring (bicyclic) bond motifs is 1. The van der Waals surface area contributed by atoms with Crippen molar-refractivity contribution in [3.8, 4) is 22.4 Å². The fourth-order valence-corrected chi connectivity index (χ4v) is 2.96. The van der Waals surface area contributed by atoms with E-state index in [1.165, 1.54) is 0 Å². The normalized spacial score (nSPS) is 10.8. The number of halogens is 1. The zero-order valence-corrected chi connectivity index (χ0v) is 13.0. The van der Waals surface area contributed by atoms with E-state index in [1.807, 2.05) is 60.7 Å². The Morgan fingerprint density at radius 1 is 0.609 bits per heavy atom. The summed E-state index contributed by atoms with van der Waals surface area (Å²) in [4.78, 5) is 8.95. The smallest absolute Gasteiger partial charge is 0.217 e. The van der Waals surface area contributed by atoms with Gasteiger partial charge in [0.25, 0.3) is 0 Å². The maximum absolute atomic E-state index is 6.21. The molecule has 0 aliphatic heterocycles. The van der Waals surface area contributed by atoms with E-state index in [2.05, 4.69) is 28.2 Å². The van der Waals surface area contributed by atoms with Gasteiger partial charge in [-0.05, 0) is 17.2 Å². The number of benzene rings is 3. The Morgan fingerprint density at radius 3 is 1.96 bits per heavy atom. The molecule has 0 saturated heterocycles. The molecule has 110 valence electrons. The number of hydrogen-bond acceptors (Lipinski definition) is 2. The summed E-state index contributed by atoms with van der Waals surface area (Å²) in [5, 5.41) is 1.27. The van der Waals surface area contributed by atoms with Crippen LogP contribution in [0.15, 0.2) is 78.9 Å². The van der Waals surface area contributed by atoms with Gasteiger partial charge in [0.1, 0.15) is 0 Å². The molecular formula is C20H13ClN2. The standard InChI is InChI=1S/C20H13ClN2/c21-20-22-18(15-10-5-2-6-11-15)17-13-7-12-16(19(17)23-20)14-8-3-1-4-9-14/h1-13H. The van der Waals surface area contributed by atoms with Gasteiger partial charge >= 0.3 is 0 Å². The second-order valence-corrected chi connectivity index (χ2v) is 5.61. The molecule has 0 spiro atoms. The van der Waals surface area contributed by atoms with Crippen molar-refractivity contribution in [2.24, 2.45) is 0 Å². The molecule has 0 saturated carbocycles. The van der Waals surface area contributed by atoms with Crippen LogP contribution in [-0.4, -0.2) is 9.97 Å². The predicted molar refractivity (Wildman–Crippen MR) is 95.4 cm³/mol. The zero-order chi connectivity index (χ0) is 15.6. The van der Waals surface area contributed by atoms with E-state index in [4.69, 9.17) is 11.6 Å². The second kappa shape index (κ2) is 5.82. The van der Waals surface area contributed by atoms with Crippen LogP contribution in [0.25, 0.3) is 33.3 Å². The maximum Gasteiger partial charge on any atom is 0.223 e. The lowest BCUT2D eigenvalue weighted by Gasteiger charge is -2.10. The molecule has 3 aromatic carbocycles. The van der Waals surface area contributed by atoms with Gasteiger partial charge in [-0.1, -0.05) is 78.9 Å². The molecule has 0 fully saturated rings. The Balaban J connectivity index is 2.05. The summed E-state index contributed by atoms with van der Waals surface area (Å²) in [6.45, 7) is 0. The van der Waals surface area contributed by atoms with Gasteiger partial charge in [0, 0.05) is 16.5 Å². The third kappa shape index (κ3) is 2.58. The molecule has 4 rings (SSSR count). The van der Waals surface area contributed by atoms with Crippen molar-refractivity contribution in [1.29, 1.82) is 0 Å². The SMILES string of the molecule is Clc1nc(-c2ccccc2)c2cccc(-c3ccccc3)c2n1. The van der Waals surface area contributed by atoms with Gasteiger partial charge in [-0.3, -0.25) is 0 Å². The van der Waals surface area contributed by atoms with Crippen LogP contribution in [0.4, 0.5) is 0 Å². The fourth-order valence-electron chi connectivity index (χ4n) is 2.79. The van der Waals surface area contributed by atoms with Gasteiger partial charge in [-0.25, -0.2) is 9.97 Å². The van der Waals surface area contributed by atoms with Crippen molar-refractivity contribution in [2.75, 3.05) is 0 Å².